The minimum atomic E-state index is 0. The van der Waals surface area contributed by atoms with Crippen LogP contribution in [0.1, 0.15) is 22.3 Å². The fraction of sp³-hybridized carbons (Fsp3) is 0.217. The van der Waals surface area contributed by atoms with Gasteiger partial charge in [-0.25, -0.2) is 0 Å². The van der Waals surface area contributed by atoms with Crippen molar-refractivity contribution in [3.8, 4) is 0 Å². The molecule has 3 heteroatoms. The number of quaternary nitrogens is 1. The molecule has 2 nitrogen and oxygen atoms in total. The van der Waals surface area contributed by atoms with E-state index in [-0.39, 0.29) is 19.0 Å². The summed E-state index contributed by atoms with van der Waals surface area (Å²) in [6, 6.07) is 16.5. The molecular weight excluding hydrogens is 342 g/mol. The van der Waals surface area contributed by atoms with Gasteiger partial charge in [0.15, 0.2) is 0 Å². The average Bonchev–Trinajstić information content (AvgIpc) is 2.62. The van der Waals surface area contributed by atoms with Gasteiger partial charge in [0.25, 0.3) is 0 Å². The van der Waals surface area contributed by atoms with Gasteiger partial charge in [0.2, 0.25) is 0 Å². The van der Waals surface area contributed by atoms with E-state index in [1.807, 2.05) is 42.5 Å². The monoisotopic (exact) mass is 371 g/mol. The van der Waals surface area contributed by atoms with E-state index in [2.05, 4.69) is 58.1 Å². The molecular formula is C23H30ClNO. The van der Waals surface area contributed by atoms with Crippen molar-refractivity contribution < 1.29 is 22.0 Å². The molecule has 0 atom stereocenters. The molecule has 0 amide bonds. The van der Waals surface area contributed by atoms with Gasteiger partial charge in [0.05, 0.1) is 20.7 Å². The molecule has 2 aromatic rings. The van der Waals surface area contributed by atoms with E-state index in [9.17, 15) is 0 Å². The quantitative estimate of drug-likeness (QED) is 0.737. The maximum Gasteiger partial charge on any atom is 0.104 e. The van der Waals surface area contributed by atoms with E-state index in [1.165, 1.54) is 5.56 Å². The first-order valence-electron chi connectivity index (χ1n) is 8.43. The molecule has 1 N–H and O–H groups in total. The molecule has 2 rings (SSSR count). The first-order valence-corrected chi connectivity index (χ1v) is 8.43. The number of rotatable bonds is 7. The summed E-state index contributed by atoms with van der Waals surface area (Å²) in [5.74, 6) is 0. The topological polar surface area (TPSA) is 20.2 Å². The van der Waals surface area contributed by atoms with E-state index in [1.54, 1.807) is 0 Å². The molecule has 140 valence electrons. The molecule has 0 fully saturated rings. The third kappa shape index (κ3) is 8.82. The molecule has 0 heterocycles. The van der Waals surface area contributed by atoms with E-state index >= 15 is 0 Å². The zero-order valence-corrected chi connectivity index (χ0v) is 16.6. The Kier molecular flexibility index (Phi) is 11.3. The number of aliphatic hydroxyl groups is 1. The molecule has 0 aliphatic heterocycles. The number of hydrogen-bond donors (Lipinski definition) is 1. The Morgan fingerprint density at radius 2 is 1.12 bits per heavy atom. The summed E-state index contributed by atoms with van der Waals surface area (Å²) >= 11 is 0. The Morgan fingerprint density at radius 3 is 1.42 bits per heavy atom. The van der Waals surface area contributed by atoms with Gasteiger partial charge in [0.1, 0.15) is 13.1 Å². The molecule has 0 spiro atoms. The lowest BCUT2D eigenvalue weighted by Gasteiger charge is -2.29. The number of aliphatic hydroxyl groups excluding tert-OH is 1. The second-order valence-corrected chi connectivity index (χ2v) is 6.56. The fourth-order valence-electron chi connectivity index (χ4n) is 2.37. The molecule has 0 saturated carbocycles. The molecule has 0 radical (unpaired) electrons. The fourth-order valence-corrected chi connectivity index (χ4v) is 2.37. The lowest BCUT2D eigenvalue weighted by Crippen LogP contribution is -3.00. The Hall–Kier alpha value is -2.13. The Morgan fingerprint density at radius 1 is 0.769 bits per heavy atom. The van der Waals surface area contributed by atoms with Crippen molar-refractivity contribution in [3.05, 3.63) is 90.5 Å². The van der Waals surface area contributed by atoms with Gasteiger partial charge in [-0.15, -0.1) is 0 Å². The van der Waals surface area contributed by atoms with Crippen molar-refractivity contribution >= 4 is 18.2 Å². The van der Waals surface area contributed by atoms with Gasteiger partial charge in [-0.3, -0.25) is 0 Å². The summed E-state index contributed by atoms with van der Waals surface area (Å²) in [7, 11) is 4.25. The molecule has 0 aliphatic carbocycles. The van der Waals surface area contributed by atoms with Crippen LogP contribution in [0.25, 0.3) is 18.2 Å². The van der Waals surface area contributed by atoms with E-state index in [0.29, 0.717) is 0 Å². The summed E-state index contributed by atoms with van der Waals surface area (Å²) in [5.41, 5.74) is 4.72. The van der Waals surface area contributed by atoms with Crippen molar-refractivity contribution in [2.24, 2.45) is 0 Å². The molecule has 0 saturated heterocycles. The molecule has 0 aromatic heterocycles. The highest BCUT2D eigenvalue weighted by molar-refractivity contribution is 5.53. The highest BCUT2D eigenvalue weighted by atomic mass is 35.5. The second kappa shape index (κ2) is 12.3. The van der Waals surface area contributed by atoms with Gasteiger partial charge in [-0.2, -0.15) is 0 Å². The zero-order valence-electron chi connectivity index (χ0n) is 15.9. The van der Waals surface area contributed by atoms with Crippen LogP contribution >= 0.6 is 0 Å². The van der Waals surface area contributed by atoms with Crippen LogP contribution in [0.4, 0.5) is 0 Å². The SMILES string of the molecule is C=Cc1ccc(C=C)cc1.C=Cc1ccc(C[N+](C)(C)CCO)cc1.[Cl-]. The first-order chi connectivity index (χ1) is 11.9. The number of likely N-dealkylation sites (N-methyl/N-ethyl adjacent to an activating group) is 1. The van der Waals surface area contributed by atoms with Gasteiger partial charge in [0, 0.05) is 5.56 Å². The van der Waals surface area contributed by atoms with E-state index < -0.39 is 0 Å². The van der Waals surface area contributed by atoms with Crippen LogP contribution in [0.2, 0.25) is 0 Å². The molecule has 0 aliphatic rings. The third-order valence-electron chi connectivity index (χ3n) is 3.94. The highest BCUT2D eigenvalue weighted by Gasteiger charge is 2.14. The predicted octanol–water partition coefficient (Wildman–Crippen LogP) is 1.87. The smallest absolute Gasteiger partial charge is 0.104 e. The van der Waals surface area contributed by atoms with Crippen LogP contribution in [0.15, 0.2) is 68.3 Å². The van der Waals surface area contributed by atoms with Crippen LogP contribution in [-0.2, 0) is 6.54 Å². The maximum absolute atomic E-state index is 8.93. The summed E-state index contributed by atoms with van der Waals surface area (Å²) in [4.78, 5) is 0. The minimum Gasteiger partial charge on any atom is -1.00 e. The van der Waals surface area contributed by atoms with Crippen LogP contribution in [0.3, 0.4) is 0 Å². The minimum absolute atomic E-state index is 0. The van der Waals surface area contributed by atoms with Crippen molar-refractivity contribution in [1.82, 2.24) is 0 Å². The van der Waals surface area contributed by atoms with Crippen molar-refractivity contribution in [2.75, 3.05) is 27.2 Å². The predicted molar refractivity (Wildman–Crippen MR) is 111 cm³/mol. The van der Waals surface area contributed by atoms with Crippen molar-refractivity contribution in [1.29, 1.82) is 0 Å². The van der Waals surface area contributed by atoms with Gasteiger partial charge >= 0.3 is 0 Å². The Balaban J connectivity index is 0.000000497. The van der Waals surface area contributed by atoms with Gasteiger partial charge in [-0.05, 0) is 16.7 Å². The maximum atomic E-state index is 8.93. The lowest BCUT2D eigenvalue weighted by molar-refractivity contribution is -0.903. The lowest BCUT2D eigenvalue weighted by atomic mass is 10.1. The Bertz CT molecular complexity index is 645. The molecule has 0 unspecified atom stereocenters. The first kappa shape index (κ1) is 23.9. The van der Waals surface area contributed by atoms with Crippen molar-refractivity contribution in [2.45, 2.75) is 6.54 Å². The summed E-state index contributed by atoms with van der Waals surface area (Å²) in [6.45, 7) is 13.0. The number of benzene rings is 2. The Labute approximate surface area is 164 Å². The van der Waals surface area contributed by atoms with Gasteiger partial charge < -0.3 is 22.0 Å². The summed E-state index contributed by atoms with van der Waals surface area (Å²) < 4.78 is 0.809. The normalized spacial score (nSPS) is 9.96. The average molecular weight is 372 g/mol. The van der Waals surface area contributed by atoms with Crippen LogP contribution in [-0.4, -0.2) is 36.8 Å². The number of hydrogen-bond acceptors (Lipinski definition) is 1. The molecule has 2 aromatic carbocycles. The van der Waals surface area contributed by atoms with Gasteiger partial charge in [-0.1, -0.05) is 86.5 Å². The third-order valence-corrected chi connectivity index (χ3v) is 3.94. The standard InChI is InChI=1S/C13H20NO.C10H10.ClH/c1-4-12-5-7-13(8-6-12)11-14(2,3)9-10-15;1-3-9-5-7-10(4-2)8-6-9;/h4-8,15H,1,9-11H2,2-3H3;3-8H,1-2H2;1H/q+1;;/p-1. The van der Waals surface area contributed by atoms with Crippen LogP contribution in [0, 0.1) is 0 Å². The zero-order chi connectivity index (χ0) is 18.7. The van der Waals surface area contributed by atoms with Crippen LogP contribution in [0.5, 0.6) is 0 Å². The van der Waals surface area contributed by atoms with Crippen molar-refractivity contribution in [3.63, 3.8) is 0 Å². The largest absolute Gasteiger partial charge is 1.00 e. The second-order valence-electron chi connectivity index (χ2n) is 6.56. The van der Waals surface area contributed by atoms with E-state index in [0.717, 1.165) is 34.3 Å². The summed E-state index contributed by atoms with van der Waals surface area (Å²) in [5, 5.41) is 8.93. The molecule has 0 bridgehead atoms. The number of nitrogens with zero attached hydrogens (tertiary/aromatic N) is 1. The summed E-state index contributed by atoms with van der Waals surface area (Å²) in [6.07, 6.45) is 5.50. The highest BCUT2D eigenvalue weighted by Crippen LogP contribution is 2.11. The number of halogens is 1. The van der Waals surface area contributed by atoms with Crippen LogP contribution < -0.4 is 12.4 Å². The van der Waals surface area contributed by atoms with E-state index in [4.69, 9.17) is 5.11 Å². The molecule has 26 heavy (non-hydrogen) atoms.